The number of nitrogens with one attached hydrogen (secondary N) is 1. The molecule has 128 valence electrons. The Hall–Kier alpha value is -2.02. The van der Waals surface area contributed by atoms with Gasteiger partial charge in [-0.1, -0.05) is 11.6 Å². The van der Waals surface area contributed by atoms with Crippen molar-refractivity contribution in [3.8, 4) is 0 Å². The molecule has 1 amide bonds. The average molecular weight is 358 g/mol. The summed E-state index contributed by atoms with van der Waals surface area (Å²) in [5.74, 6) is 0.340. The van der Waals surface area contributed by atoms with Gasteiger partial charge in [-0.3, -0.25) is 4.79 Å². The molecule has 0 aliphatic carbocycles. The van der Waals surface area contributed by atoms with Crippen LogP contribution in [0.25, 0.3) is 0 Å². The zero-order valence-electron chi connectivity index (χ0n) is 12.6. The first-order chi connectivity index (χ1) is 11.4. The number of carbonyl (C=O) groups is 1. The van der Waals surface area contributed by atoms with Crippen LogP contribution < -0.4 is 0 Å². The van der Waals surface area contributed by atoms with E-state index in [1.165, 1.54) is 4.90 Å². The lowest BCUT2D eigenvalue weighted by Gasteiger charge is -2.32. The van der Waals surface area contributed by atoms with Crippen LogP contribution in [0.2, 0.25) is 5.02 Å². The number of carbonyl (C=O) groups excluding carboxylic acids is 1. The molecular weight excluding hydrogens is 343 g/mol. The zero-order valence-corrected chi connectivity index (χ0v) is 13.4. The number of alkyl halides is 3. The summed E-state index contributed by atoms with van der Waals surface area (Å²) in [6.07, 6.45) is 0.457. The van der Waals surface area contributed by atoms with Crippen molar-refractivity contribution in [2.45, 2.75) is 24.9 Å². The van der Waals surface area contributed by atoms with Crippen LogP contribution in [0.5, 0.6) is 0 Å². The van der Waals surface area contributed by atoms with Crippen molar-refractivity contribution in [2.75, 3.05) is 13.1 Å². The van der Waals surface area contributed by atoms with Gasteiger partial charge in [-0.05, 0) is 31.0 Å². The van der Waals surface area contributed by atoms with E-state index < -0.39 is 17.6 Å². The first-order valence-electron chi connectivity index (χ1n) is 7.51. The number of aromatic amines is 1. The summed E-state index contributed by atoms with van der Waals surface area (Å²) < 4.78 is 38.6. The Morgan fingerprint density at radius 1 is 1.38 bits per heavy atom. The van der Waals surface area contributed by atoms with Crippen LogP contribution in [0, 0.1) is 0 Å². The number of likely N-dealkylation sites (tertiary alicyclic amines) is 1. The van der Waals surface area contributed by atoms with Gasteiger partial charge in [-0.25, -0.2) is 4.98 Å². The fourth-order valence-electron chi connectivity index (χ4n) is 2.92. The van der Waals surface area contributed by atoms with Crippen molar-refractivity contribution in [2.24, 2.45) is 0 Å². The van der Waals surface area contributed by atoms with E-state index in [9.17, 15) is 18.0 Å². The lowest BCUT2D eigenvalue weighted by Crippen LogP contribution is -2.39. The maximum Gasteiger partial charge on any atom is 0.416 e. The number of nitrogens with zero attached hydrogens (tertiary/aromatic N) is 2. The van der Waals surface area contributed by atoms with E-state index in [1.54, 1.807) is 12.4 Å². The normalized spacial score (nSPS) is 18.7. The highest BCUT2D eigenvalue weighted by molar-refractivity contribution is 6.33. The molecule has 1 saturated heterocycles. The van der Waals surface area contributed by atoms with Gasteiger partial charge in [0.25, 0.3) is 5.91 Å². The number of aromatic nitrogens is 2. The zero-order chi connectivity index (χ0) is 17.3. The number of H-pyrrole nitrogens is 1. The van der Waals surface area contributed by atoms with E-state index in [0.29, 0.717) is 13.1 Å². The molecule has 1 aromatic heterocycles. The molecule has 0 spiro atoms. The molecule has 1 atom stereocenters. The van der Waals surface area contributed by atoms with E-state index >= 15 is 0 Å². The first kappa shape index (κ1) is 16.8. The molecule has 2 aromatic rings. The van der Waals surface area contributed by atoms with Gasteiger partial charge in [0.05, 0.1) is 16.1 Å². The highest BCUT2D eigenvalue weighted by atomic mass is 35.5. The van der Waals surface area contributed by atoms with Crippen LogP contribution in [0.3, 0.4) is 0 Å². The molecule has 4 nitrogen and oxygen atoms in total. The van der Waals surface area contributed by atoms with Crippen LogP contribution in [-0.4, -0.2) is 33.9 Å². The lowest BCUT2D eigenvalue weighted by atomic mass is 9.96. The predicted molar refractivity (Wildman–Crippen MR) is 82.9 cm³/mol. The number of imidazole rings is 1. The van der Waals surface area contributed by atoms with Crippen LogP contribution in [0.1, 0.15) is 40.5 Å². The summed E-state index contributed by atoms with van der Waals surface area (Å²) in [6.45, 7) is 0.890. The Morgan fingerprint density at radius 2 is 2.17 bits per heavy atom. The molecule has 8 heteroatoms. The minimum Gasteiger partial charge on any atom is -0.348 e. The third-order valence-electron chi connectivity index (χ3n) is 4.14. The third kappa shape index (κ3) is 3.40. The molecule has 1 aromatic carbocycles. The number of hydrogen-bond donors (Lipinski definition) is 1. The van der Waals surface area contributed by atoms with Gasteiger partial charge in [0, 0.05) is 31.4 Å². The summed E-state index contributed by atoms with van der Waals surface area (Å²) in [6, 6.07) is 2.81. The molecule has 1 fully saturated rings. The van der Waals surface area contributed by atoms with Gasteiger partial charge < -0.3 is 9.88 Å². The molecule has 3 rings (SSSR count). The lowest BCUT2D eigenvalue weighted by molar-refractivity contribution is -0.137. The number of rotatable bonds is 2. The van der Waals surface area contributed by atoms with Gasteiger partial charge in [0.2, 0.25) is 0 Å². The minimum atomic E-state index is -4.52. The second-order valence-corrected chi connectivity index (χ2v) is 6.16. The maximum atomic E-state index is 12.9. The monoisotopic (exact) mass is 357 g/mol. The van der Waals surface area contributed by atoms with E-state index in [2.05, 4.69) is 9.97 Å². The molecule has 1 aliphatic rings. The molecule has 0 radical (unpaired) electrons. The predicted octanol–water partition coefficient (Wildman–Crippen LogP) is 4.10. The third-order valence-corrected chi connectivity index (χ3v) is 4.47. The Kier molecular flexibility index (Phi) is 4.54. The Bertz CT molecular complexity index is 731. The van der Waals surface area contributed by atoms with Crippen LogP contribution in [-0.2, 0) is 6.18 Å². The number of hydrogen-bond acceptors (Lipinski definition) is 2. The second kappa shape index (κ2) is 6.47. The summed E-state index contributed by atoms with van der Waals surface area (Å²) in [5.41, 5.74) is -0.999. The Labute approximate surface area is 141 Å². The van der Waals surface area contributed by atoms with Crippen molar-refractivity contribution < 1.29 is 18.0 Å². The first-order valence-corrected chi connectivity index (χ1v) is 7.89. The molecule has 2 heterocycles. The van der Waals surface area contributed by atoms with Crippen molar-refractivity contribution in [3.63, 3.8) is 0 Å². The van der Waals surface area contributed by atoms with E-state index in [4.69, 9.17) is 11.6 Å². The molecule has 1 unspecified atom stereocenters. The standard InChI is InChI=1S/C16H15ClF3N3O/c17-13-4-3-11(16(18,19)20)8-12(13)15(24)23-7-1-2-10(9-23)14-21-5-6-22-14/h3-6,8,10H,1-2,7,9H2,(H,21,22). The average Bonchev–Trinajstić information content (AvgIpc) is 3.08. The van der Waals surface area contributed by atoms with Gasteiger partial charge in [-0.15, -0.1) is 0 Å². The van der Waals surface area contributed by atoms with Gasteiger partial charge in [-0.2, -0.15) is 13.2 Å². The highest BCUT2D eigenvalue weighted by Gasteiger charge is 2.33. The number of piperidine rings is 1. The Balaban J connectivity index is 1.83. The molecule has 24 heavy (non-hydrogen) atoms. The fraction of sp³-hybridized carbons (Fsp3) is 0.375. The largest absolute Gasteiger partial charge is 0.416 e. The van der Waals surface area contributed by atoms with Crippen molar-refractivity contribution >= 4 is 17.5 Å². The van der Waals surface area contributed by atoms with Crippen LogP contribution in [0.4, 0.5) is 13.2 Å². The number of amides is 1. The summed E-state index contributed by atoms with van der Waals surface area (Å²) in [7, 11) is 0. The van der Waals surface area contributed by atoms with Crippen molar-refractivity contribution in [1.29, 1.82) is 0 Å². The van der Waals surface area contributed by atoms with E-state index in [0.717, 1.165) is 36.9 Å². The van der Waals surface area contributed by atoms with Gasteiger partial charge >= 0.3 is 6.18 Å². The van der Waals surface area contributed by atoms with Gasteiger partial charge in [0.1, 0.15) is 5.82 Å². The fourth-order valence-corrected chi connectivity index (χ4v) is 3.12. The Morgan fingerprint density at radius 3 is 2.83 bits per heavy atom. The quantitative estimate of drug-likeness (QED) is 0.879. The summed E-state index contributed by atoms with van der Waals surface area (Å²) in [4.78, 5) is 21.4. The number of benzene rings is 1. The smallest absolute Gasteiger partial charge is 0.348 e. The van der Waals surface area contributed by atoms with E-state index in [1.807, 2.05) is 0 Å². The SMILES string of the molecule is O=C(c1cc(C(F)(F)F)ccc1Cl)N1CCCC(c2ncc[nH]2)C1. The van der Waals surface area contributed by atoms with Gasteiger partial charge in [0.15, 0.2) is 0 Å². The molecular formula is C16H15ClF3N3O. The maximum absolute atomic E-state index is 12.9. The summed E-state index contributed by atoms with van der Waals surface area (Å²) in [5, 5.41) is 0.0214. The van der Waals surface area contributed by atoms with Crippen molar-refractivity contribution in [1.82, 2.24) is 14.9 Å². The summed E-state index contributed by atoms with van der Waals surface area (Å²) >= 11 is 5.96. The van der Waals surface area contributed by atoms with E-state index in [-0.39, 0.29) is 16.5 Å². The van der Waals surface area contributed by atoms with Crippen LogP contribution >= 0.6 is 11.6 Å². The van der Waals surface area contributed by atoms with Crippen molar-refractivity contribution in [3.05, 3.63) is 52.6 Å². The number of halogens is 4. The molecule has 0 saturated carbocycles. The second-order valence-electron chi connectivity index (χ2n) is 5.76. The molecule has 0 bridgehead atoms. The molecule has 1 aliphatic heterocycles. The topological polar surface area (TPSA) is 49.0 Å². The highest BCUT2D eigenvalue weighted by Crippen LogP contribution is 2.33. The molecule has 1 N–H and O–H groups in total. The minimum absolute atomic E-state index is 0.0214. The van der Waals surface area contributed by atoms with Crippen LogP contribution in [0.15, 0.2) is 30.6 Å².